The monoisotopic (exact) mass is 344 g/mol. The van der Waals surface area contributed by atoms with E-state index < -0.39 is 11.9 Å². The zero-order valence-corrected chi connectivity index (χ0v) is 14.7. The first-order valence-corrected chi connectivity index (χ1v) is 8.36. The summed E-state index contributed by atoms with van der Waals surface area (Å²) in [4.78, 5) is 14.2. The molecule has 2 atom stereocenters. The summed E-state index contributed by atoms with van der Waals surface area (Å²) in [6.07, 6.45) is -0.280. The lowest BCUT2D eigenvalue weighted by atomic mass is 10.0. The number of halogens is 1. The standard InChI is InChI=1S/C20H25FN2O2/c1-23(2)18(11-15-7-4-3-5-8-15)14-22-20(25)13-19(24)16-9-6-10-17(21)12-16/h3-10,12,18-19,24H,11,13-14H2,1-2H3,(H,22,25). The summed E-state index contributed by atoms with van der Waals surface area (Å²) in [6.45, 7) is 0.483. The van der Waals surface area contributed by atoms with Crippen LogP contribution in [0.2, 0.25) is 0 Å². The molecule has 134 valence electrons. The van der Waals surface area contributed by atoms with Gasteiger partial charge in [-0.2, -0.15) is 0 Å². The molecule has 0 aromatic heterocycles. The molecule has 2 unspecified atom stereocenters. The van der Waals surface area contributed by atoms with Gasteiger partial charge in [0.15, 0.2) is 0 Å². The molecule has 0 spiro atoms. The number of amides is 1. The fourth-order valence-corrected chi connectivity index (χ4v) is 2.63. The largest absolute Gasteiger partial charge is 0.388 e. The molecule has 2 rings (SSSR count). The number of benzene rings is 2. The molecule has 0 fully saturated rings. The Bertz CT molecular complexity index is 676. The Morgan fingerprint density at radius 2 is 1.88 bits per heavy atom. The van der Waals surface area contributed by atoms with Crippen molar-refractivity contribution in [2.75, 3.05) is 20.6 Å². The summed E-state index contributed by atoms with van der Waals surface area (Å²) >= 11 is 0. The lowest BCUT2D eigenvalue weighted by molar-refractivity contribution is -0.123. The molecule has 0 heterocycles. The maximum atomic E-state index is 13.2. The lowest BCUT2D eigenvalue weighted by Crippen LogP contribution is -2.41. The third-order valence-corrected chi connectivity index (χ3v) is 4.19. The van der Waals surface area contributed by atoms with Crippen LogP contribution in [-0.4, -0.2) is 42.6 Å². The number of aliphatic hydroxyl groups excluding tert-OH is 1. The number of nitrogens with one attached hydrogen (secondary N) is 1. The zero-order chi connectivity index (χ0) is 18.2. The molecule has 0 saturated carbocycles. The molecule has 0 saturated heterocycles. The number of rotatable bonds is 8. The Labute approximate surface area is 148 Å². The van der Waals surface area contributed by atoms with E-state index in [1.807, 2.05) is 32.3 Å². The Morgan fingerprint density at radius 1 is 1.16 bits per heavy atom. The molecule has 2 aromatic carbocycles. The van der Waals surface area contributed by atoms with Crippen LogP contribution in [0, 0.1) is 5.82 Å². The highest BCUT2D eigenvalue weighted by Gasteiger charge is 2.17. The van der Waals surface area contributed by atoms with Crippen LogP contribution in [0.4, 0.5) is 4.39 Å². The summed E-state index contributed by atoms with van der Waals surface area (Å²) in [5.74, 6) is -0.677. The molecule has 0 bridgehead atoms. The fourth-order valence-electron chi connectivity index (χ4n) is 2.63. The van der Waals surface area contributed by atoms with Gasteiger partial charge in [-0.3, -0.25) is 4.79 Å². The van der Waals surface area contributed by atoms with E-state index in [9.17, 15) is 14.3 Å². The van der Waals surface area contributed by atoms with Gasteiger partial charge in [0.2, 0.25) is 5.91 Å². The van der Waals surface area contributed by atoms with E-state index in [0.29, 0.717) is 12.1 Å². The summed E-state index contributed by atoms with van der Waals surface area (Å²) in [5, 5.41) is 13.0. The van der Waals surface area contributed by atoms with Gasteiger partial charge in [-0.1, -0.05) is 42.5 Å². The van der Waals surface area contributed by atoms with Crippen molar-refractivity contribution in [2.24, 2.45) is 0 Å². The number of hydrogen-bond acceptors (Lipinski definition) is 3. The summed E-state index contributed by atoms with van der Waals surface area (Å²) in [7, 11) is 3.95. The average Bonchev–Trinajstić information content (AvgIpc) is 2.59. The quantitative estimate of drug-likeness (QED) is 0.774. The van der Waals surface area contributed by atoms with E-state index in [1.54, 1.807) is 6.07 Å². The van der Waals surface area contributed by atoms with Gasteiger partial charge in [0.1, 0.15) is 5.82 Å². The maximum absolute atomic E-state index is 13.2. The molecular weight excluding hydrogens is 319 g/mol. The second-order valence-electron chi connectivity index (χ2n) is 6.39. The minimum absolute atomic E-state index is 0.0884. The molecule has 0 aliphatic rings. The number of likely N-dealkylation sites (N-methyl/N-ethyl adjacent to an activating group) is 1. The zero-order valence-electron chi connectivity index (χ0n) is 14.7. The molecular formula is C20H25FN2O2. The molecule has 25 heavy (non-hydrogen) atoms. The number of carbonyl (C=O) groups is 1. The number of aliphatic hydroxyl groups is 1. The molecule has 5 heteroatoms. The Balaban J connectivity index is 1.86. The summed E-state index contributed by atoms with van der Waals surface area (Å²) in [6, 6.07) is 15.9. The van der Waals surface area contributed by atoms with Gasteiger partial charge in [0, 0.05) is 12.6 Å². The van der Waals surface area contributed by atoms with Crippen molar-refractivity contribution in [3.05, 3.63) is 71.5 Å². The highest BCUT2D eigenvalue weighted by atomic mass is 19.1. The van der Waals surface area contributed by atoms with Gasteiger partial charge in [-0.15, -0.1) is 0 Å². The van der Waals surface area contributed by atoms with Crippen molar-refractivity contribution in [3.63, 3.8) is 0 Å². The van der Waals surface area contributed by atoms with Crippen LogP contribution in [0.15, 0.2) is 54.6 Å². The Morgan fingerprint density at radius 3 is 2.52 bits per heavy atom. The van der Waals surface area contributed by atoms with Crippen molar-refractivity contribution in [3.8, 4) is 0 Å². The van der Waals surface area contributed by atoms with E-state index in [4.69, 9.17) is 0 Å². The number of hydrogen-bond donors (Lipinski definition) is 2. The minimum atomic E-state index is -1.01. The van der Waals surface area contributed by atoms with Crippen molar-refractivity contribution in [1.29, 1.82) is 0 Å². The van der Waals surface area contributed by atoms with Crippen LogP contribution in [-0.2, 0) is 11.2 Å². The predicted octanol–water partition coefficient (Wildman–Crippen LogP) is 2.54. The third-order valence-electron chi connectivity index (χ3n) is 4.19. The SMILES string of the molecule is CN(C)C(CNC(=O)CC(O)c1cccc(F)c1)Cc1ccccc1. The first kappa shape index (κ1) is 19.1. The molecule has 2 aromatic rings. The van der Waals surface area contributed by atoms with Gasteiger partial charge >= 0.3 is 0 Å². The van der Waals surface area contributed by atoms with Crippen molar-refractivity contribution in [2.45, 2.75) is 25.0 Å². The topological polar surface area (TPSA) is 52.6 Å². The first-order valence-electron chi connectivity index (χ1n) is 8.36. The minimum Gasteiger partial charge on any atom is -0.388 e. The van der Waals surface area contributed by atoms with Gasteiger partial charge in [0.25, 0.3) is 0 Å². The molecule has 4 nitrogen and oxygen atoms in total. The van der Waals surface area contributed by atoms with E-state index in [0.717, 1.165) is 6.42 Å². The highest BCUT2D eigenvalue weighted by Crippen LogP contribution is 2.17. The normalized spacial score (nSPS) is 13.5. The van der Waals surface area contributed by atoms with Crippen LogP contribution < -0.4 is 5.32 Å². The molecule has 0 aliphatic heterocycles. The van der Waals surface area contributed by atoms with Crippen molar-refractivity contribution in [1.82, 2.24) is 10.2 Å². The third kappa shape index (κ3) is 6.29. The average molecular weight is 344 g/mol. The van der Waals surface area contributed by atoms with E-state index in [-0.39, 0.29) is 18.4 Å². The summed E-state index contributed by atoms with van der Waals surface area (Å²) < 4.78 is 13.2. The molecule has 2 N–H and O–H groups in total. The maximum Gasteiger partial charge on any atom is 0.223 e. The van der Waals surface area contributed by atoms with Gasteiger partial charge in [-0.25, -0.2) is 4.39 Å². The molecule has 0 radical (unpaired) electrons. The summed E-state index contributed by atoms with van der Waals surface area (Å²) in [5.41, 5.74) is 1.61. The van der Waals surface area contributed by atoms with Gasteiger partial charge in [0.05, 0.1) is 12.5 Å². The van der Waals surface area contributed by atoms with Crippen LogP contribution in [0.1, 0.15) is 23.7 Å². The van der Waals surface area contributed by atoms with Crippen LogP contribution in [0.3, 0.4) is 0 Å². The van der Waals surface area contributed by atoms with Crippen LogP contribution >= 0.6 is 0 Å². The van der Waals surface area contributed by atoms with Crippen LogP contribution in [0.25, 0.3) is 0 Å². The Kier molecular flexibility index (Phi) is 7.10. The smallest absolute Gasteiger partial charge is 0.223 e. The molecule has 1 amide bonds. The predicted molar refractivity (Wildman–Crippen MR) is 96.6 cm³/mol. The van der Waals surface area contributed by atoms with E-state index >= 15 is 0 Å². The second-order valence-corrected chi connectivity index (χ2v) is 6.39. The lowest BCUT2D eigenvalue weighted by Gasteiger charge is -2.25. The van der Waals surface area contributed by atoms with Gasteiger partial charge in [-0.05, 0) is 43.8 Å². The molecule has 0 aliphatic carbocycles. The first-order chi connectivity index (χ1) is 12.0. The Hall–Kier alpha value is -2.24. The second kappa shape index (κ2) is 9.30. The van der Waals surface area contributed by atoms with Gasteiger partial charge < -0.3 is 15.3 Å². The number of nitrogens with zero attached hydrogens (tertiary/aromatic N) is 1. The van der Waals surface area contributed by atoms with Crippen LogP contribution in [0.5, 0.6) is 0 Å². The fraction of sp³-hybridized carbons (Fsp3) is 0.350. The van der Waals surface area contributed by atoms with Crippen molar-refractivity contribution < 1.29 is 14.3 Å². The van der Waals surface area contributed by atoms with E-state index in [2.05, 4.69) is 22.3 Å². The highest BCUT2D eigenvalue weighted by molar-refractivity contribution is 5.76. The number of carbonyl (C=O) groups excluding carboxylic acids is 1. The van der Waals surface area contributed by atoms with Crippen molar-refractivity contribution >= 4 is 5.91 Å². The van der Waals surface area contributed by atoms with E-state index in [1.165, 1.54) is 23.8 Å².